The molecular formula is C12H16N6O3. The number of esters is 1. The van der Waals surface area contributed by atoms with E-state index in [9.17, 15) is 4.79 Å². The number of aryl methyl sites for hydroxylation is 1. The number of hydrogen-bond donors (Lipinski definition) is 1. The van der Waals surface area contributed by atoms with Crippen molar-refractivity contribution in [3.63, 3.8) is 0 Å². The molecule has 3 rings (SSSR count). The molecule has 112 valence electrons. The topological polar surface area (TPSA) is 108 Å². The van der Waals surface area contributed by atoms with Crippen LogP contribution in [-0.4, -0.2) is 44.8 Å². The fourth-order valence-electron chi connectivity index (χ4n) is 2.47. The minimum Gasteiger partial charge on any atom is -0.464 e. The zero-order chi connectivity index (χ0) is 14.8. The van der Waals surface area contributed by atoms with Crippen molar-refractivity contribution in [2.24, 2.45) is 0 Å². The van der Waals surface area contributed by atoms with Crippen LogP contribution in [0.2, 0.25) is 0 Å². The molecule has 0 radical (unpaired) electrons. The number of hydrogen-bond acceptors (Lipinski definition) is 8. The van der Waals surface area contributed by atoms with E-state index in [1.165, 1.54) is 7.11 Å². The van der Waals surface area contributed by atoms with Crippen molar-refractivity contribution in [3.8, 4) is 0 Å². The third kappa shape index (κ3) is 2.64. The SMILES string of the molecule is COC(=O)c1nnn(Cc2nnc(C)o2)c1C1CCCN1. The third-order valence-electron chi connectivity index (χ3n) is 3.40. The number of nitrogens with zero attached hydrogens (tertiary/aromatic N) is 5. The smallest absolute Gasteiger partial charge is 0.360 e. The van der Waals surface area contributed by atoms with Gasteiger partial charge in [-0.15, -0.1) is 15.3 Å². The maximum Gasteiger partial charge on any atom is 0.360 e. The molecule has 2 aromatic heterocycles. The summed E-state index contributed by atoms with van der Waals surface area (Å²) in [5.74, 6) is 0.415. The number of aromatic nitrogens is 5. The molecule has 21 heavy (non-hydrogen) atoms. The minimum atomic E-state index is -0.494. The molecule has 0 bridgehead atoms. The van der Waals surface area contributed by atoms with Crippen LogP contribution in [0.25, 0.3) is 0 Å². The van der Waals surface area contributed by atoms with Gasteiger partial charge in [-0.3, -0.25) is 0 Å². The predicted octanol–water partition coefficient (Wildman–Crippen LogP) is 0.229. The zero-order valence-electron chi connectivity index (χ0n) is 11.9. The second-order valence-electron chi connectivity index (χ2n) is 4.84. The van der Waals surface area contributed by atoms with Crippen LogP contribution in [-0.2, 0) is 11.3 Å². The molecule has 1 N–H and O–H groups in total. The van der Waals surface area contributed by atoms with Gasteiger partial charge in [-0.2, -0.15) is 0 Å². The zero-order valence-corrected chi connectivity index (χ0v) is 11.9. The molecule has 1 aliphatic heterocycles. The number of rotatable bonds is 4. The van der Waals surface area contributed by atoms with Gasteiger partial charge in [0, 0.05) is 6.92 Å². The normalized spacial score (nSPS) is 18.1. The second kappa shape index (κ2) is 5.60. The van der Waals surface area contributed by atoms with E-state index >= 15 is 0 Å². The minimum absolute atomic E-state index is 0.0260. The maximum atomic E-state index is 11.8. The van der Waals surface area contributed by atoms with Crippen LogP contribution in [0.1, 0.15) is 46.8 Å². The van der Waals surface area contributed by atoms with Crippen LogP contribution >= 0.6 is 0 Å². The molecule has 0 aliphatic carbocycles. The van der Waals surface area contributed by atoms with E-state index in [1.54, 1.807) is 11.6 Å². The molecule has 0 amide bonds. The van der Waals surface area contributed by atoms with Crippen LogP contribution < -0.4 is 5.32 Å². The molecule has 9 heteroatoms. The van der Waals surface area contributed by atoms with Crippen LogP contribution in [0.15, 0.2) is 4.42 Å². The quantitative estimate of drug-likeness (QED) is 0.798. The second-order valence-corrected chi connectivity index (χ2v) is 4.84. The molecule has 0 aromatic carbocycles. The van der Waals surface area contributed by atoms with Crippen LogP contribution in [0.5, 0.6) is 0 Å². The van der Waals surface area contributed by atoms with E-state index in [2.05, 4.69) is 25.8 Å². The fraction of sp³-hybridized carbons (Fsp3) is 0.583. The summed E-state index contributed by atoms with van der Waals surface area (Å²) in [5, 5.41) is 19.0. The molecule has 1 atom stereocenters. The van der Waals surface area contributed by atoms with Gasteiger partial charge in [0.2, 0.25) is 11.8 Å². The van der Waals surface area contributed by atoms with Crippen LogP contribution in [0.4, 0.5) is 0 Å². The lowest BCUT2D eigenvalue weighted by Gasteiger charge is -2.12. The predicted molar refractivity (Wildman–Crippen MR) is 69.5 cm³/mol. The van der Waals surface area contributed by atoms with Crippen molar-refractivity contribution in [1.29, 1.82) is 0 Å². The van der Waals surface area contributed by atoms with Gasteiger partial charge < -0.3 is 14.5 Å². The molecule has 2 aromatic rings. The molecule has 1 saturated heterocycles. The van der Waals surface area contributed by atoms with Gasteiger partial charge in [0.1, 0.15) is 6.54 Å². The molecule has 1 aliphatic rings. The Morgan fingerprint density at radius 1 is 1.48 bits per heavy atom. The van der Waals surface area contributed by atoms with Crippen molar-refractivity contribution >= 4 is 5.97 Å². The summed E-state index contributed by atoms with van der Waals surface area (Å²) in [5.41, 5.74) is 0.934. The highest BCUT2D eigenvalue weighted by atomic mass is 16.5. The third-order valence-corrected chi connectivity index (χ3v) is 3.40. The van der Waals surface area contributed by atoms with Gasteiger partial charge in [0.15, 0.2) is 5.69 Å². The molecule has 3 heterocycles. The number of methoxy groups -OCH3 is 1. The van der Waals surface area contributed by atoms with Gasteiger partial charge in [0.05, 0.1) is 18.8 Å². The average molecular weight is 292 g/mol. The summed E-state index contributed by atoms with van der Waals surface area (Å²) in [6.07, 6.45) is 1.95. The van der Waals surface area contributed by atoms with Gasteiger partial charge in [-0.25, -0.2) is 9.48 Å². The Kier molecular flexibility index (Phi) is 3.65. The Morgan fingerprint density at radius 2 is 2.33 bits per heavy atom. The highest BCUT2D eigenvalue weighted by molar-refractivity contribution is 5.88. The molecule has 9 nitrogen and oxygen atoms in total. The standard InChI is InChI=1S/C12H16N6O3/c1-7-14-15-9(21-7)6-18-11(8-4-3-5-13-8)10(16-17-18)12(19)20-2/h8,13H,3-6H2,1-2H3. The van der Waals surface area contributed by atoms with E-state index < -0.39 is 5.97 Å². The average Bonchev–Trinajstić information content (AvgIpc) is 3.19. The first-order valence-electron chi connectivity index (χ1n) is 6.73. The highest BCUT2D eigenvalue weighted by Gasteiger charge is 2.29. The molecule has 0 spiro atoms. The summed E-state index contributed by atoms with van der Waals surface area (Å²) < 4.78 is 11.7. The van der Waals surface area contributed by atoms with Crippen LogP contribution in [0, 0.1) is 6.92 Å². The maximum absolute atomic E-state index is 11.8. The van der Waals surface area contributed by atoms with Crippen molar-refractivity contribution in [2.45, 2.75) is 32.4 Å². The van der Waals surface area contributed by atoms with Crippen molar-refractivity contribution in [2.75, 3.05) is 13.7 Å². The molecule has 0 saturated carbocycles. The largest absolute Gasteiger partial charge is 0.464 e. The number of carbonyl (C=O) groups excluding carboxylic acids is 1. The van der Waals surface area contributed by atoms with E-state index in [4.69, 9.17) is 9.15 Å². The Balaban J connectivity index is 1.95. The number of ether oxygens (including phenoxy) is 1. The first-order valence-corrected chi connectivity index (χ1v) is 6.73. The van der Waals surface area contributed by atoms with E-state index in [0.717, 1.165) is 19.4 Å². The Labute approximate surface area is 120 Å². The van der Waals surface area contributed by atoms with Crippen molar-refractivity contribution in [3.05, 3.63) is 23.2 Å². The Hall–Kier alpha value is -2.29. The van der Waals surface area contributed by atoms with Gasteiger partial charge in [-0.1, -0.05) is 5.21 Å². The monoisotopic (exact) mass is 292 g/mol. The lowest BCUT2D eigenvalue weighted by atomic mass is 10.1. The molecule has 1 unspecified atom stereocenters. The fourth-order valence-corrected chi connectivity index (χ4v) is 2.47. The first kappa shape index (κ1) is 13.7. The summed E-state index contributed by atoms with van der Waals surface area (Å²) in [4.78, 5) is 11.8. The summed E-state index contributed by atoms with van der Waals surface area (Å²) >= 11 is 0. The number of nitrogens with one attached hydrogen (secondary N) is 1. The number of carbonyl (C=O) groups is 1. The Morgan fingerprint density at radius 3 is 2.95 bits per heavy atom. The summed E-state index contributed by atoms with van der Waals surface area (Å²) in [6.45, 7) is 2.89. The highest BCUT2D eigenvalue weighted by Crippen LogP contribution is 2.25. The van der Waals surface area contributed by atoms with Gasteiger partial charge in [-0.05, 0) is 19.4 Å². The summed E-state index contributed by atoms with van der Waals surface area (Å²) in [7, 11) is 1.33. The van der Waals surface area contributed by atoms with Crippen LogP contribution in [0.3, 0.4) is 0 Å². The molecular weight excluding hydrogens is 276 g/mol. The van der Waals surface area contributed by atoms with Crippen molar-refractivity contribution < 1.29 is 13.9 Å². The van der Waals surface area contributed by atoms with Gasteiger partial charge in [0.25, 0.3) is 0 Å². The van der Waals surface area contributed by atoms with E-state index in [-0.39, 0.29) is 18.3 Å². The summed E-state index contributed by atoms with van der Waals surface area (Å²) in [6, 6.07) is 0.0260. The first-order chi connectivity index (χ1) is 10.2. The van der Waals surface area contributed by atoms with Gasteiger partial charge >= 0.3 is 5.97 Å². The lowest BCUT2D eigenvalue weighted by molar-refractivity contribution is 0.0591. The molecule has 1 fully saturated rings. The van der Waals surface area contributed by atoms with Crippen molar-refractivity contribution in [1.82, 2.24) is 30.5 Å². The Bertz CT molecular complexity index is 643. The van der Waals surface area contributed by atoms with E-state index in [0.29, 0.717) is 17.5 Å². The van der Waals surface area contributed by atoms with E-state index in [1.807, 2.05) is 0 Å². The lowest BCUT2D eigenvalue weighted by Crippen LogP contribution is -2.21.